The van der Waals surface area contributed by atoms with Crippen molar-refractivity contribution in [3.8, 4) is 0 Å². The molecule has 0 aliphatic carbocycles. The number of nitrogens with one attached hydrogen (secondary N) is 1. The van der Waals surface area contributed by atoms with E-state index in [1.165, 1.54) is 0 Å². The van der Waals surface area contributed by atoms with Crippen LogP contribution in [0.15, 0.2) is 0 Å². The second kappa shape index (κ2) is 3.76. The SMILES string of the molecule is CC(C)CN1CC(N)CNC1=O. The summed E-state index contributed by atoms with van der Waals surface area (Å²) in [6.07, 6.45) is 0. The van der Waals surface area contributed by atoms with Crippen LogP contribution in [0.25, 0.3) is 0 Å². The minimum Gasteiger partial charge on any atom is -0.336 e. The number of nitrogens with zero attached hydrogens (tertiary/aromatic N) is 1. The Bertz CT molecular complexity index is 168. The van der Waals surface area contributed by atoms with Gasteiger partial charge in [-0.05, 0) is 5.92 Å². The average molecular weight is 171 g/mol. The number of nitrogens with two attached hydrogens (primary N) is 1. The van der Waals surface area contributed by atoms with E-state index in [1.54, 1.807) is 4.90 Å². The zero-order valence-electron chi connectivity index (χ0n) is 7.71. The first-order valence-corrected chi connectivity index (χ1v) is 4.38. The third-order valence-corrected chi connectivity index (χ3v) is 1.84. The molecule has 1 aliphatic heterocycles. The van der Waals surface area contributed by atoms with Crippen LogP contribution in [0, 0.1) is 5.92 Å². The van der Waals surface area contributed by atoms with Crippen LogP contribution in [0.2, 0.25) is 0 Å². The van der Waals surface area contributed by atoms with Crippen LogP contribution in [0.3, 0.4) is 0 Å². The Labute approximate surface area is 73.1 Å². The van der Waals surface area contributed by atoms with E-state index in [-0.39, 0.29) is 12.1 Å². The van der Waals surface area contributed by atoms with Gasteiger partial charge in [0, 0.05) is 25.7 Å². The van der Waals surface area contributed by atoms with E-state index < -0.39 is 0 Å². The summed E-state index contributed by atoms with van der Waals surface area (Å²) in [5.41, 5.74) is 5.71. The maximum atomic E-state index is 11.2. The predicted molar refractivity (Wildman–Crippen MR) is 47.8 cm³/mol. The average Bonchev–Trinajstić information content (AvgIpc) is 1.96. The normalized spacial score (nSPS) is 24.5. The molecule has 0 saturated carbocycles. The molecule has 4 nitrogen and oxygen atoms in total. The van der Waals surface area contributed by atoms with Crippen molar-refractivity contribution in [1.82, 2.24) is 10.2 Å². The molecule has 3 N–H and O–H groups in total. The first-order valence-electron chi connectivity index (χ1n) is 4.38. The lowest BCUT2D eigenvalue weighted by Crippen LogP contribution is -2.57. The molecule has 1 aliphatic rings. The van der Waals surface area contributed by atoms with Crippen molar-refractivity contribution in [3.05, 3.63) is 0 Å². The van der Waals surface area contributed by atoms with E-state index >= 15 is 0 Å². The summed E-state index contributed by atoms with van der Waals surface area (Å²) in [5, 5.41) is 2.75. The molecule has 1 saturated heterocycles. The fourth-order valence-electron chi connectivity index (χ4n) is 1.36. The Morgan fingerprint density at radius 3 is 3.00 bits per heavy atom. The summed E-state index contributed by atoms with van der Waals surface area (Å²) >= 11 is 0. The number of carbonyl (C=O) groups is 1. The van der Waals surface area contributed by atoms with Crippen LogP contribution in [0.4, 0.5) is 4.79 Å². The van der Waals surface area contributed by atoms with Gasteiger partial charge in [0.25, 0.3) is 0 Å². The monoisotopic (exact) mass is 171 g/mol. The largest absolute Gasteiger partial charge is 0.336 e. The summed E-state index contributed by atoms with van der Waals surface area (Å²) in [6, 6.07) is 0.104. The number of hydrogen-bond donors (Lipinski definition) is 2. The number of carbonyl (C=O) groups excluding carboxylic acids is 1. The Hall–Kier alpha value is -0.770. The molecule has 1 rings (SSSR count). The van der Waals surface area contributed by atoms with Crippen LogP contribution >= 0.6 is 0 Å². The third-order valence-electron chi connectivity index (χ3n) is 1.84. The zero-order chi connectivity index (χ0) is 9.14. The van der Waals surface area contributed by atoms with E-state index in [2.05, 4.69) is 19.2 Å². The van der Waals surface area contributed by atoms with Crippen molar-refractivity contribution in [2.45, 2.75) is 19.9 Å². The summed E-state index contributed by atoms with van der Waals surface area (Å²) in [6.45, 7) is 6.26. The molecule has 2 amide bonds. The molecular weight excluding hydrogens is 154 g/mol. The molecule has 1 atom stereocenters. The second-order valence-electron chi connectivity index (χ2n) is 3.74. The molecule has 1 fully saturated rings. The van der Waals surface area contributed by atoms with Crippen LogP contribution < -0.4 is 11.1 Å². The van der Waals surface area contributed by atoms with E-state index in [0.29, 0.717) is 19.0 Å². The standard InChI is InChI=1S/C8H17N3O/c1-6(2)4-11-5-7(9)3-10-8(11)12/h6-7H,3-5,9H2,1-2H3,(H,10,12). The van der Waals surface area contributed by atoms with Crippen LogP contribution in [-0.4, -0.2) is 36.6 Å². The molecule has 0 aromatic rings. The molecule has 0 spiro atoms. The van der Waals surface area contributed by atoms with Gasteiger partial charge in [-0.1, -0.05) is 13.8 Å². The fraction of sp³-hybridized carbons (Fsp3) is 0.875. The molecule has 0 radical (unpaired) electrons. The minimum absolute atomic E-state index is 0.0189. The van der Waals surface area contributed by atoms with Gasteiger partial charge in [-0.15, -0.1) is 0 Å². The van der Waals surface area contributed by atoms with Gasteiger partial charge in [-0.2, -0.15) is 0 Å². The van der Waals surface area contributed by atoms with E-state index in [1.807, 2.05) is 0 Å². The first-order chi connectivity index (χ1) is 5.59. The maximum absolute atomic E-state index is 11.2. The smallest absolute Gasteiger partial charge is 0.317 e. The molecular formula is C8H17N3O. The van der Waals surface area contributed by atoms with E-state index in [9.17, 15) is 4.79 Å². The minimum atomic E-state index is 0.0189. The zero-order valence-corrected chi connectivity index (χ0v) is 7.71. The van der Waals surface area contributed by atoms with Crippen molar-refractivity contribution in [1.29, 1.82) is 0 Å². The highest BCUT2D eigenvalue weighted by molar-refractivity contribution is 5.75. The highest BCUT2D eigenvalue weighted by atomic mass is 16.2. The molecule has 1 unspecified atom stereocenters. The second-order valence-corrected chi connectivity index (χ2v) is 3.74. The molecule has 1 heterocycles. The van der Waals surface area contributed by atoms with Crippen molar-refractivity contribution in [3.63, 3.8) is 0 Å². The number of urea groups is 1. The predicted octanol–water partition coefficient (Wildman–Crippen LogP) is -0.00510. The van der Waals surface area contributed by atoms with Gasteiger partial charge >= 0.3 is 6.03 Å². The van der Waals surface area contributed by atoms with Gasteiger partial charge in [-0.25, -0.2) is 4.79 Å². The molecule has 0 aromatic carbocycles. The molecule has 12 heavy (non-hydrogen) atoms. The van der Waals surface area contributed by atoms with Crippen molar-refractivity contribution >= 4 is 6.03 Å². The van der Waals surface area contributed by atoms with Crippen molar-refractivity contribution in [2.24, 2.45) is 11.7 Å². The van der Waals surface area contributed by atoms with Gasteiger partial charge in [0.2, 0.25) is 0 Å². The lowest BCUT2D eigenvalue weighted by atomic mass is 10.1. The Morgan fingerprint density at radius 2 is 2.42 bits per heavy atom. The lowest BCUT2D eigenvalue weighted by molar-refractivity contribution is 0.172. The Balaban J connectivity index is 2.43. The van der Waals surface area contributed by atoms with Crippen molar-refractivity contribution in [2.75, 3.05) is 19.6 Å². The number of hydrogen-bond acceptors (Lipinski definition) is 2. The summed E-state index contributed by atoms with van der Waals surface area (Å²) in [7, 11) is 0. The highest BCUT2D eigenvalue weighted by Crippen LogP contribution is 2.03. The third kappa shape index (κ3) is 2.37. The van der Waals surface area contributed by atoms with Crippen LogP contribution in [0.1, 0.15) is 13.8 Å². The van der Waals surface area contributed by atoms with E-state index in [0.717, 1.165) is 6.54 Å². The number of amides is 2. The quantitative estimate of drug-likeness (QED) is 0.614. The first kappa shape index (κ1) is 9.32. The lowest BCUT2D eigenvalue weighted by Gasteiger charge is -2.32. The van der Waals surface area contributed by atoms with Gasteiger partial charge in [0.1, 0.15) is 0 Å². The van der Waals surface area contributed by atoms with E-state index in [4.69, 9.17) is 5.73 Å². The summed E-state index contributed by atoms with van der Waals surface area (Å²) in [4.78, 5) is 13.0. The summed E-state index contributed by atoms with van der Waals surface area (Å²) < 4.78 is 0. The van der Waals surface area contributed by atoms with Crippen molar-refractivity contribution < 1.29 is 4.79 Å². The molecule has 70 valence electrons. The molecule has 0 aromatic heterocycles. The topological polar surface area (TPSA) is 58.4 Å². The maximum Gasteiger partial charge on any atom is 0.317 e. The fourth-order valence-corrected chi connectivity index (χ4v) is 1.36. The van der Waals surface area contributed by atoms with Gasteiger partial charge in [0.05, 0.1) is 0 Å². The van der Waals surface area contributed by atoms with Gasteiger partial charge < -0.3 is 16.0 Å². The number of rotatable bonds is 2. The summed E-state index contributed by atoms with van der Waals surface area (Å²) in [5.74, 6) is 0.501. The Kier molecular flexibility index (Phi) is 2.92. The van der Waals surface area contributed by atoms with Crippen LogP contribution in [0.5, 0.6) is 0 Å². The Morgan fingerprint density at radius 1 is 1.75 bits per heavy atom. The van der Waals surface area contributed by atoms with Gasteiger partial charge in [0.15, 0.2) is 0 Å². The highest BCUT2D eigenvalue weighted by Gasteiger charge is 2.22. The molecule has 0 bridgehead atoms. The molecule has 4 heteroatoms. The van der Waals surface area contributed by atoms with Gasteiger partial charge in [-0.3, -0.25) is 0 Å². The van der Waals surface area contributed by atoms with Crippen LogP contribution in [-0.2, 0) is 0 Å².